The minimum Gasteiger partial charge on any atom is -0.370 e. The molecule has 0 aliphatic carbocycles. The maximum atomic E-state index is 4.93. The first-order chi connectivity index (χ1) is 12.2. The van der Waals surface area contributed by atoms with Crippen molar-refractivity contribution in [3.05, 3.63) is 36.4 Å². The molecule has 3 rings (SSSR count). The van der Waals surface area contributed by atoms with E-state index in [2.05, 4.69) is 61.3 Å². The van der Waals surface area contributed by atoms with E-state index in [1.54, 1.807) is 0 Å². The first-order valence-electron chi connectivity index (χ1n) is 9.62. The summed E-state index contributed by atoms with van der Waals surface area (Å²) in [6.07, 6.45) is 4.92. The molecule has 1 aliphatic rings. The molecule has 1 atom stereocenters. The van der Waals surface area contributed by atoms with Gasteiger partial charge in [-0.15, -0.1) is 0 Å². The van der Waals surface area contributed by atoms with E-state index in [9.17, 15) is 0 Å². The third-order valence-electron chi connectivity index (χ3n) is 4.83. The Morgan fingerprint density at radius 1 is 1.16 bits per heavy atom. The standard InChI is InChI=1S/C21H30N4/c1-4-18-12-8-9-13-25(18)21-23-19(17-10-6-5-7-11-17)14-20(24-21)22-15-16(2)3/h5-7,10-11,14,16,18H,4,8-9,12-13,15H2,1-3H3,(H,22,23,24). The lowest BCUT2D eigenvalue weighted by molar-refractivity contribution is 0.443. The number of piperidine rings is 1. The van der Waals surface area contributed by atoms with Crippen molar-refractivity contribution < 1.29 is 0 Å². The van der Waals surface area contributed by atoms with Gasteiger partial charge in [0.15, 0.2) is 0 Å². The van der Waals surface area contributed by atoms with E-state index in [1.807, 2.05) is 6.07 Å². The summed E-state index contributed by atoms with van der Waals surface area (Å²) in [6, 6.07) is 13.0. The summed E-state index contributed by atoms with van der Waals surface area (Å²) in [5.41, 5.74) is 2.14. The number of hydrogen-bond donors (Lipinski definition) is 1. The first-order valence-corrected chi connectivity index (χ1v) is 9.62. The number of rotatable bonds is 6. The summed E-state index contributed by atoms with van der Waals surface area (Å²) in [4.78, 5) is 12.2. The lowest BCUT2D eigenvalue weighted by Crippen LogP contribution is -2.40. The lowest BCUT2D eigenvalue weighted by atomic mass is 10.0. The van der Waals surface area contributed by atoms with Crippen LogP contribution in [0.2, 0.25) is 0 Å². The number of aromatic nitrogens is 2. The topological polar surface area (TPSA) is 41.1 Å². The van der Waals surface area contributed by atoms with Gasteiger partial charge >= 0.3 is 0 Å². The van der Waals surface area contributed by atoms with Crippen molar-refractivity contribution >= 4 is 11.8 Å². The van der Waals surface area contributed by atoms with Crippen molar-refractivity contribution in [2.45, 2.75) is 52.5 Å². The molecule has 1 unspecified atom stereocenters. The number of anilines is 2. The van der Waals surface area contributed by atoms with Crippen LogP contribution in [-0.2, 0) is 0 Å². The molecule has 0 radical (unpaired) electrons. The van der Waals surface area contributed by atoms with E-state index in [0.717, 1.165) is 42.5 Å². The van der Waals surface area contributed by atoms with Crippen LogP contribution in [0, 0.1) is 5.92 Å². The molecule has 134 valence electrons. The summed E-state index contributed by atoms with van der Waals surface area (Å²) in [6.45, 7) is 8.67. The molecule has 0 amide bonds. The van der Waals surface area contributed by atoms with Gasteiger partial charge in [0.25, 0.3) is 0 Å². The highest BCUT2D eigenvalue weighted by Gasteiger charge is 2.24. The molecule has 1 aromatic carbocycles. The second kappa shape index (κ2) is 8.32. The van der Waals surface area contributed by atoms with Gasteiger partial charge in [0, 0.05) is 30.8 Å². The van der Waals surface area contributed by atoms with Crippen LogP contribution in [0.25, 0.3) is 11.3 Å². The highest BCUT2D eigenvalue weighted by Crippen LogP contribution is 2.28. The van der Waals surface area contributed by atoms with Gasteiger partial charge in [-0.05, 0) is 31.6 Å². The monoisotopic (exact) mass is 338 g/mol. The van der Waals surface area contributed by atoms with Crippen LogP contribution >= 0.6 is 0 Å². The van der Waals surface area contributed by atoms with Gasteiger partial charge in [-0.2, -0.15) is 4.98 Å². The predicted octanol–water partition coefficient (Wildman–Crippen LogP) is 4.98. The van der Waals surface area contributed by atoms with Crippen molar-refractivity contribution in [3.63, 3.8) is 0 Å². The molecular formula is C21H30N4. The maximum absolute atomic E-state index is 4.93. The van der Waals surface area contributed by atoms with Gasteiger partial charge in [0.05, 0.1) is 5.69 Å². The average Bonchev–Trinajstić information content (AvgIpc) is 2.66. The van der Waals surface area contributed by atoms with E-state index < -0.39 is 0 Å². The van der Waals surface area contributed by atoms with Gasteiger partial charge in [0.1, 0.15) is 5.82 Å². The van der Waals surface area contributed by atoms with Crippen LogP contribution < -0.4 is 10.2 Å². The fourth-order valence-electron chi connectivity index (χ4n) is 3.41. The van der Waals surface area contributed by atoms with Crippen molar-refractivity contribution in [1.82, 2.24) is 9.97 Å². The van der Waals surface area contributed by atoms with E-state index in [-0.39, 0.29) is 0 Å². The van der Waals surface area contributed by atoms with Crippen LogP contribution in [0.5, 0.6) is 0 Å². The molecule has 0 saturated carbocycles. The van der Waals surface area contributed by atoms with Crippen LogP contribution in [-0.4, -0.2) is 29.1 Å². The summed E-state index contributed by atoms with van der Waals surface area (Å²) < 4.78 is 0. The first kappa shape index (κ1) is 17.7. The Kier molecular flexibility index (Phi) is 5.90. The van der Waals surface area contributed by atoms with Gasteiger partial charge in [-0.3, -0.25) is 0 Å². The average molecular weight is 338 g/mol. The molecule has 1 saturated heterocycles. The third-order valence-corrected chi connectivity index (χ3v) is 4.83. The Morgan fingerprint density at radius 3 is 2.68 bits per heavy atom. The van der Waals surface area contributed by atoms with Crippen LogP contribution in [0.4, 0.5) is 11.8 Å². The Labute approximate surface area is 151 Å². The second-order valence-electron chi connectivity index (χ2n) is 7.33. The summed E-state index contributed by atoms with van der Waals surface area (Å²) >= 11 is 0. The third kappa shape index (κ3) is 4.50. The Bertz CT molecular complexity index is 669. The van der Waals surface area contributed by atoms with E-state index in [4.69, 9.17) is 9.97 Å². The molecule has 2 heterocycles. The molecule has 25 heavy (non-hydrogen) atoms. The van der Waals surface area contributed by atoms with Crippen molar-refractivity contribution in [1.29, 1.82) is 0 Å². The minimum atomic E-state index is 0.553. The lowest BCUT2D eigenvalue weighted by Gasteiger charge is -2.35. The zero-order chi connectivity index (χ0) is 17.6. The van der Waals surface area contributed by atoms with Crippen LogP contribution in [0.3, 0.4) is 0 Å². The molecule has 4 nitrogen and oxygen atoms in total. The molecular weight excluding hydrogens is 308 g/mol. The van der Waals surface area contributed by atoms with Crippen LogP contribution in [0.15, 0.2) is 36.4 Å². The van der Waals surface area contributed by atoms with Crippen molar-refractivity contribution in [2.75, 3.05) is 23.3 Å². The van der Waals surface area contributed by atoms with Gasteiger partial charge in [-0.1, -0.05) is 51.1 Å². The molecule has 2 aromatic rings. The molecule has 1 N–H and O–H groups in total. The Morgan fingerprint density at radius 2 is 1.96 bits per heavy atom. The quantitative estimate of drug-likeness (QED) is 0.806. The smallest absolute Gasteiger partial charge is 0.228 e. The SMILES string of the molecule is CCC1CCCCN1c1nc(NCC(C)C)cc(-c2ccccc2)n1. The second-order valence-corrected chi connectivity index (χ2v) is 7.33. The van der Waals surface area contributed by atoms with Gasteiger partial charge in [-0.25, -0.2) is 4.98 Å². The maximum Gasteiger partial charge on any atom is 0.228 e. The molecule has 1 fully saturated rings. The molecule has 1 aromatic heterocycles. The predicted molar refractivity (Wildman–Crippen MR) is 106 cm³/mol. The summed E-state index contributed by atoms with van der Waals surface area (Å²) in [7, 11) is 0. The number of nitrogens with zero attached hydrogens (tertiary/aromatic N) is 3. The zero-order valence-corrected chi connectivity index (χ0v) is 15.7. The normalized spacial score (nSPS) is 17.8. The van der Waals surface area contributed by atoms with E-state index in [0.29, 0.717) is 12.0 Å². The molecule has 4 heteroatoms. The van der Waals surface area contributed by atoms with Crippen molar-refractivity contribution in [2.24, 2.45) is 5.92 Å². The number of hydrogen-bond acceptors (Lipinski definition) is 4. The highest BCUT2D eigenvalue weighted by atomic mass is 15.3. The van der Waals surface area contributed by atoms with Crippen molar-refractivity contribution in [3.8, 4) is 11.3 Å². The van der Waals surface area contributed by atoms with Gasteiger partial charge in [0.2, 0.25) is 5.95 Å². The fourth-order valence-corrected chi connectivity index (χ4v) is 3.41. The molecule has 0 spiro atoms. The van der Waals surface area contributed by atoms with E-state index in [1.165, 1.54) is 19.3 Å². The Balaban J connectivity index is 1.96. The largest absolute Gasteiger partial charge is 0.370 e. The molecule has 0 bridgehead atoms. The Hall–Kier alpha value is -2.10. The number of nitrogens with one attached hydrogen (secondary N) is 1. The zero-order valence-electron chi connectivity index (χ0n) is 15.7. The fraction of sp³-hybridized carbons (Fsp3) is 0.524. The summed E-state index contributed by atoms with van der Waals surface area (Å²) in [5, 5.41) is 3.49. The van der Waals surface area contributed by atoms with E-state index >= 15 is 0 Å². The number of benzene rings is 1. The van der Waals surface area contributed by atoms with Gasteiger partial charge < -0.3 is 10.2 Å². The highest BCUT2D eigenvalue weighted by molar-refractivity contribution is 5.64. The van der Waals surface area contributed by atoms with Crippen LogP contribution in [0.1, 0.15) is 46.5 Å². The summed E-state index contributed by atoms with van der Waals surface area (Å²) in [5.74, 6) is 2.38. The minimum absolute atomic E-state index is 0.553. The molecule has 1 aliphatic heterocycles.